The van der Waals surface area contributed by atoms with Crippen LogP contribution in [0, 0.1) is 0 Å². The molecule has 0 saturated carbocycles. The number of hydrogen-bond donors (Lipinski definition) is 1. The smallest absolute Gasteiger partial charge is 0.416 e. The van der Waals surface area contributed by atoms with Crippen LogP contribution in [-0.4, -0.2) is 48.4 Å². The maximum atomic E-state index is 12.9. The predicted octanol–water partition coefficient (Wildman–Crippen LogP) is 5.18. The van der Waals surface area contributed by atoms with Crippen molar-refractivity contribution in [1.29, 1.82) is 0 Å². The first-order chi connectivity index (χ1) is 16.3. The van der Waals surface area contributed by atoms with Crippen molar-refractivity contribution in [2.75, 3.05) is 32.6 Å². The molecular formula is C23H23F3N4O4. The van der Waals surface area contributed by atoms with E-state index in [1.807, 2.05) is 0 Å². The van der Waals surface area contributed by atoms with Gasteiger partial charge in [0.15, 0.2) is 0 Å². The molecule has 3 aromatic rings. The molecule has 0 bridgehead atoms. The highest BCUT2D eigenvalue weighted by molar-refractivity contribution is 5.91. The van der Waals surface area contributed by atoms with Crippen LogP contribution >= 0.6 is 0 Å². The summed E-state index contributed by atoms with van der Waals surface area (Å²) in [6.07, 6.45) is -2.94. The van der Waals surface area contributed by atoms with Crippen LogP contribution in [0.1, 0.15) is 30.2 Å². The number of carbonyl (C=O) groups is 1. The number of amides is 2. The monoisotopic (exact) mass is 476 g/mol. The van der Waals surface area contributed by atoms with E-state index in [0.29, 0.717) is 41.7 Å². The van der Waals surface area contributed by atoms with Crippen LogP contribution in [0.5, 0.6) is 11.5 Å². The van der Waals surface area contributed by atoms with E-state index >= 15 is 0 Å². The van der Waals surface area contributed by atoms with Gasteiger partial charge in [0.2, 0.25) is 11.8 Å². The Morgan fingerprint density at radius 1 is 1.12 bits per heavy atom. The van der Waals surface area contributed by atoms with Crippen molar-refractivity contribution in [3.63, 3.8) is 0 Å². The van der Waals surface area contributed by atoms with E-state index < -0.39 is 11.7 Å². The number of halogens is 3. The van der Waals surface area contributed by atoms with E-state index in [0.717, 1.165) is 25.0 Å². The number of carbonyl (C=O) groups excluding carboxylic acids is 1. The molecule has 0 spiro atoms. The van der Waals surface area contributed by atoms with Crippen LogP contribution in [0.15, 0.2) is 46.9 Å². The second-order valence-electron chi connectivity index (χ2n) is 7.80. The molecule has 1 unspecified atom stereocenters. The molecule has 2 amide bonds. The molecule has 11 heteroatoms. The highest BCUT2D eigenvalue weighted by Crippen LogP contribution is 2.33. The summed E-state index contributed by atoms with van der Waals surface area (Å²) in [7, 11) is 3.05. The summed E-state index contributed by atoms with van der Waals surface area (Å²) < 4.78 is 54.6. The van der Waals surface area contributed by atoms with E-state index in [1.54, 1.807) is 30.2 Å². The number of nitrogens with one attached hydrogen (secondary N) is 1. The van der Waals surface area contributed by atoms with Gasteiger partial charge in [-0.25, -0.2) is 4.79 Å². The van der Waals surface area contributed by atoms with Gasteiger partial charge < -0.3 is 24.1 Å². The SMILES string of the molecule is COc1ccc(NC(=O)N2CCCC(c3nnc(-c4ccc(C(F)(F)F)cc4)o3)C2)c(OC)c1. The Hall–Kier alpha value is -3.76. The molecule has 2 heterocycles. The van der Waals surface area contributed by atoms with Crippen LogP contribution in [-0.2, 0) is 6.18 Å². The molecule has 0 radical (unpaired) electrons. The third-order valence-corrected chi connectivity index (χ3v) is 5.61. The highest BCUT2D eigenvalue weighted by Gasteiger charge is 2.31. The van der Waals surface area contributed by atoms with E-state index in [2.05, 4.69) is 15.5 Å². The number of urea groups is 1. The lowest BCUT2D eigenvalue weighted by Crippen LogP contribution is -2.41. The number of piperidine rings is 1. The lowest BCUT2D eigenvalue weighted by molar-refractivity contribution is -0.137. The minimum atomic E-state index is -4.42. The van der Waals surface area contributed by atoms with Crippen molar-refractivity contribution < 1.29 is 31.9 Å². The summed E-state index contributed by atoms with van der Waals surface area (Å²) in [5.41, 5.74) is 0.153. The van der Waals surface area contributed by atoms with Crippen LogP contribution in [0.3, 0.4) is 0 Å². The summed E-state index contributed by atoms with van der Waals surface area (Å²) in [6, 6.07) is 9.33. The van der Waals surface area contributed by atoms with Crippen molar-refractivity contribution in [3.8, 4) is 23.0 Å². The average molecular weight is 476 g/mol. The number of nitrogens with zero attached hydrogens (tertiary/aromatic N) is 3. The second-order valence-corrected chi connectivity index (χ2v) is 7.80. The fraction of sp³-hybridized carbons (Fsp3) is 0.348. The Kier molecular flexibility index (Phi) is 6.62. The zero-order chi connectivity index (χ0) is 24.3. The molecule has 1 N–H and O–H groups in total. The Bertz CT molecular complexity index is 1150. The molecular weight excluding hydrogens is 453 g/mol. The zero-order valence-electron chi connectivity index (χ0n) is 18.6. The van der Waals surface area contributed by atoms with Crippen molar-refractivity contribution in [2.45, 2.75) is 24.9 Å². The Morgan fingerprint density at radius 2 is 1.88 bits per heavy atom. The maximum absolute atomic E-state index is 12.9. The van der Waals surface area contributed by atoms with E-state index in [4.69, 9.17) is 13.9 Å². The van der Waals surface area contributed by atoms with Gasteiger partial charge in [0.05, 0.1) is 31.4 Å². The summed E-state index contributed by atoms with van der Waals surface area (Å²) in [5, 5.41) is 10.9. The molecule has 1 aliphatic heterocycles. The number of benzene rings is 2. The zero-order valence-corrected chi connectivity index (χ0v) is 18.6. The molecule has 180 valence electrons. The topological polar surface area (TPSA) is 89.7 Å². The van der Waals surface area contributed by atoms with Crippen LogP contribution in [0.4, 0.5) is 23.7 Å². The maximum Gasteiger partial charge on any atom is 0.416 e. The van der Waals surface area contributed by atoms with Gasteiger partial charge in [0, 0.05) is 24.7 Å². The van der Waals surface area contributed by atoms with Gasteiger partial charge in [-0.3, -0.25) is 0 Å². The summed E-state index contributed by atoms with van der Waals surface area (Å²) in [4.78, 5) is 14.5. The van der Waals surface area contributed by atoms with Gasteiger partial charge in [-0.1, -0.05) is 0 Å². The van der Waals surface area contributed by atoms with Crippen molar-refractivity contribution >= 4 is 11.7 Å². The minimum Gasteiger partial charge on any atom is -0.497 e. The predicted molar refractivity (Wildman–Crippen MR) is 117 cm³/mol. The van der Waals surface area contributed by atoms with E-state index in [1.165, 1.54) is 19.2 Å². The number of ether oxygens (including phenoxy) is 2. The van der Waals surface area contributed by atoms with Gasteiger partial charge in [-0.15, -0.1) is 10.2 Å². The molecule has 1 saturated heterocycles. The number of likely N-dealkylation sites (tertiary alicyclic amines) is 1. The van der Waals surface area contributed by atoms with Crippen LogP contribution in [0.2, 0.25) is 0 Å². The normalized spacial score (nSPS) is 16.3. The van der Waals surface area contributed by atoms with E-state index in [-0.39, 0.29) is 17.8 Å². The molecule has 2 aromatic carbocycles. The number of methoxy groups -OCH3 is 2. The molecule has 8 nitrogen and oxygen atoms in total. The molecule has 1 aromatic heterocycles. The third-order valence-electron chi connectivity index (χ3n) is 5.61. The Morgan fingerprint density at radius 3 is 2.56 bits per heavy atom. The van der Waals surface area contributed by atoms with Gasteiger partial charge in [0.1, 0.15) is 11.5 Å². The van der Waals surface area contributed by atoms with Crippen LogP contribution < -0.4 is 14.8 Å². The van der Waals surface area contributed by atoms with Gasteiger partial charge in [-0.05, 0) is 49.2 Å². The average Bonchev–Trinajstić information content (AvgIpc) is 3.34. The minimum absolute atomic E-state index is 0.133. The fourth-order valence-electron chi connectivity index (χ4n) is 3.78. The lowest BCUT2D eigenvalue weighted by Gasteiger charge is -2.31. The van der Waals surface area contributed by atoms with Gasteiger partial charge >= 0.3 is 12.2 Å². The summed E-state index contributed by atoms with van der Waals surface area (Å²) in [5.74, 6) is 1.36. The third kappa shape index (κ3) is 5.08. The number of aromatic nitrogens is 2. The first-order valence-corrected chi connectivity index (χ1v) is 10.6. The molecule has 1 fully saturated rings. The summed E-state index contributed by atoms with van der Waals surface area (Å²) in [6.45, 7) is 0.916. The first kappa shape index (κ1) is 23.4. The molecule has 1 aliphatic rings. The van der Waals surface area contributed by atoms with E-state index in [9.17, 15) is 18.0 Å². The largest absolute Gasteiger partial charge is 0.497 e. The standard InChI is InChI=1S/C23H23F3N4O4/c1-32-17-9-10-18(19(12-17)33-2)27-22(31)30-11-3-4-15(13-30)21-29-28-20(34-21)14-5-7-16(8-6-14)23(24,25)26/h5-10,12,15H,3-4,11,13H2,1-2H3,(H,27,31). The Balaban J connectivity index is 1.43. The molecule has 4 rings (SSSR count). The molecule has 34 heavy (non-hydrogen) atoms. The van der Waals surface area contributed by atoms with Gasteiger partial charge in [-0.2, -0.15) is 13.2 Å². The number of hydrogen-bond acceptors (Lipinski definition) is 6. The number of alkyl halides is 3. The molecule has 0 aliphatic carbocycles. The second kappa shape index (κ2) is 9.62. The number of rotatable bonds is 5. The van der Waals surface area contributed by atoms with Crippen molar-refractivity contribution in [2.24, 2.45) is 0 Å². The fourth-order valence-corrected chi connectivity index (χ4v) is 3.78. The Labute approximate surface area is 193 Å². The highest BCUT2D eigenvalue weighted by atomic mass is 19.4. The van der Waals surface area contributed by atoms with Crippen molar-refractivity contribution in [3.05, 3.63) is 53.9 Å². The van der Waals surface area contributed by atoms with Crippen molar-refractivity contribution in [1.82, 2.24) is 15.1 Å². The van der Waals surface area contributed by atoms with Gasteiger partial charge in [0.25, 0.3) is 0 Å². The lowest BCUT2D eigenvalue weighted by atomic mass is 9.98. The quantitative estimate of drug-likeness (QED) is 0.546. The molecule has 1 atom stereocenters. The van der Waals surface area contributed by atoms with Crippen LogP contribution in [0.25, 0.3) is 11.5 Å². The number of anilines is 1. The first-order valence-electron chi connectivity index (χ1n) is 10.6. The summed E-state index contributed by atoms with van der Waals surface area (Å²) >= 11 is 0.